The van der Waals surface area contributed by atoms with Gasteiger partial charge in [-0.3, -0.25) is 9.98 Å². The van der Waals surface area contributed by atoms with Crippen LogP contribution in [-0.4, -0.2) is 19.0 Å². The first-order chi connectivity index (χ1) is 4.45. The lowest BCUT2D eigenvalue weighted by atomic mass is 11.1. The smallest absolute Gasteiger partial charge is 0.273 e. The van der Waals surface area contributed by atoms with Crippen LogP contribution in [0.4, 0.5) is 4.79 Å². The van der Waals surface area contributed by atoms with Crippen molar-refractivity contribution in [2.24, 2.45) is 15.5 Å². The van der Waals surface area contributed by atoms with Crippen molar-refractivity contribution in [1.82, 2.24) is 5.43 Å². The van der Waals surface area contributed by atoms with E-state index in [1.165, 1.54) is 5.43 Å². The van der Waals surface area contributed by atoms with Gasteiger partial charge in [0.1, 0.15) is 0 Å². The largest absolute Gasteiger partial charge is 0.396 e. The van der Waals surface area contributed by atoms with E-state index < -0.39 is 16.3 Å². The lowest BCUT2D eigenvalue weighted by molar-refractivity contribution is 0.248. The molecule has 4 N–H and O–H groups in total. The van der Waals surface area contributed by atoms with Crippen LogP contribution in [0.25, 0.3) is 0 Å². The zero-order valence-corrected chi connectivity index (χ0v) is 5.37. The molecule has 58 valence electrons. The quantitative estimate of drug-likeness (QED) is 0.149. The molecule has 10 heavy (non-hydrogen) atoms. The Morgan fingerprint density at radius 3 is 2.40 bits per heavy atom. The van der Waals surface area contributed by atoms with Crippen molar-refractivity contribution in [3.63, 3.8) is 0 Å². The molecule has 0 rings (SSSR count). The average Bonchev–Trinajstić information content (AvgIpc) is 1.81. The van der Waals surface area contributed by atoms with Gasteiger partial charge < -0.3 is 0 Å². The molecular formula is CH4N4O4S. The molecule has 0 heterocycles. The Hall–Kier alpha value is -1.06. The van der Waals surface area contributed by atoms with Gasteiger partial charge in [0.2, 0.25) is 0 Å². The minimum atomic E-state index is -4.59. The standard InChI is InChI=1S/CH4N4O4S/c2-3-1(6)4-5-10(7,8)9/h2H2,(H,3,6)(H,7,8,9). The molecule has 9 heteroatoms. The first-order valence-electron chi connectivity index (χ1n) is 1.86. The molecule has 0 fully saturated rings. The van der Waals surface area contributed by atoms with E-state index in [2.05, 4.69) is 15.5 Å². The molecule has 2 amide bonds. The zero-order valence-electron chi connectivity index (χ0n) is 4.55. The van der Waals surface area contributed by atoms with Crippen molar-refractivity contribution < 1.29 is 17.8 Å². The first kappa shape index (κ1) is 8.94. The van der Waals surface area contributed by atoms with Crippen LogP contribution in [0.5, 0.6) is 0 Å². The van der Waals surface area contributed by atoms with Crippen molar-refractivity contribution in [2.75, 3.05) is 0 Å². The van der Waals surface area contributed by atoms with E-state index in [1.54, 1.807) is 0 Å². The monoisotopic (exact) mass is 168 g/mol. The third-order valence-electron chi connectivity index (χ3n) is 0.358. The molecule has 0 aliphatic rings. The minimum Gasteiger partial charge on any atom is -0.273 e. The van der Waals surface area contributed by atoms with E-state index >= 15 is 0 Å². The van der Waals surface area contributed by atoms with Gasteiger partial charge in [0.05, 0.1) is 0 Å². The second kappa shape index (κ2) is 3.20. The molecule has 0 aliphatic heterocycles. The first-order valence-corrected chi connectivity index (χ1v) is 3.26. The minimum absolute atomic E-state index is 1.17. The van der Waals surface area contributed by atoms with E-state index in [9.17, 15) is 13.2 Å². The number of amides is 2. The summed E-state index contributed by atoms with van der Waals surface area (Å²) in [4.78, 5) is 9.99. The zero-order chi connectivity index (χ0) is 8.20. The van der Waals surface area contributed by atoms with Gasteiger partial charge in [-0.1, -0.05) is 5.11 Å². The van der Waals surface area contributed by atoms with Gasteiger partial charge in [-0.15, -0.1) is 0 Å². The van der Waals surface area contributed by atoms with E-state index in [0.29, 0.717) is 0 Å². The van der Waals surface area contributed by atoms with E-state index in [1.807, 2.05) is 0 Å². The van der Waals surface area contributed by atoms with Crippen LogP contribution in [0.15, 0.2) is 9.63 Å². The Bertz CT molecular complexity index is 240. The lowest BCUT2D eigenvalue weighted by Crippen LogP contribution is -2.26. The number of nitrogens with zero attached hydrogens (tertiary/aromatic N) is 2. The van der Waals surface area contributed by atoms with Crippen molar-refractivity contribution in [2.45, 2.75) is 0 Å². The number of nitrogens with two attached hydrogens (primary N) is 1. The summed E-state index contributed by atoms with van der Waals surface area (Å²) in [5.41, 5.74) is 1.46. The second-order valence-corrected chi connectivity index (χ2v) is 2.14. The molecule has 0 bridgehead atoms. The maximum atomic E-state index is 9.99. The SMILES string of the molecule is NNC(=O)N=NS(=O)(=O)O. The van der Waals surface area contributed by atoms with E-state index in [-0.39, 0.29) is 0 Å². The summed E-state index contributed by atoms with van der Waals surface area (Å²) in [5.74, 6) is 4.47. The molecule has 0 aromatic carbocycles. The second-order valence-electron chi connectivity index (χ2n) is 1.08. The number of carbonyl (C=O) groups is 1. The van der Waals surface area contributed by atoms with Gasteiger partial charge in [0, 0.05) is 0 Å². The Kier molecular flexibility index (Phi) is 2.86. The van der Waals surface area contributed by atoms with Crippen LogP contribution >= 0.6 is 0 Å². The fourth-order valence-corrected chi connectivity index (χ4v) is 0.295. The summed E-state index contributed by atoms with van der Waals surface area (Å²) in [6.07, 6.45) is 0. The third kappa shape index (κ3) is 5.08. The summed E-state index contributed by atoms with van der Waals surface area (Å²) >= 11 is 0. The number of urea groups is 1. The number of hydrogen-bond donors (Lipinski definition) is 3. The molecule has 8 nitrogen and oxygen atoms in total. The highest BCUT2D eigenvalue weighted by atomic mass is 32.2. The number of carbonyl (C=O) groups excluding carboxylic acids is 1. The van der Waals surface area contributed by atoms with Gasteiger partial charge in [-0.25, -0.2) is 10.6 Å². The van der Waals surface area contributed by atoms with Gasteiger partial charge in [-0.2, -0.15) is 8.42 Å². The number of hydrazine groups is 1. The van der Waals surface area contributed by atoms with E-state index in [4.69, 9.17) is 4.55 Å². The highest BCUT2D eigenvalue weighted by Gasteiger charge is 2.00. The Morgan fingerprint density at radius 1 is 1.60 bits per heavy atom. The summed E-state index contributed by atoms with van der Waals surface area (Å²) in [7, 11) is -4.59. The van der Waals surface area contributed by atoms with Crippen LogP contribution < -0.4 is 11.3 Å². The third-order valence-corrected chi connectivity index (χ3v) is 0.646. The van der Waals surface area contributed by atoms with Crippen LogP contribution in [0.2, 0.25) is 0 Å². The molecule has 0 spiro atoms. The topological polar surface area (TPSA) is 134 Å². The number of hydrogen-bond acceptors (Lipinski definition) is 4. The molecule has 0 saturated heterocycles. The molecule has 0 saturated carbocycles. The molecule has 0 aliphatic carbocycles. The number of rotatable bonds is 1. The molecule has 0 unspecified atom stereocenters. The fraction of sp³-hybridized carbons (Fsp3) is 0. The molecule has 0 atom stereocenters. The fourth-order valence-electron chi connectivity index (χ4n) is 0.118. The highest BCUT2D eigenvalue weighted by Crippen LogP contribution is 1.85. The number of nitrogens with one attached hydrogen (secondary N) is 1. The van der Waals surface area contributed by atoms with Gasteiger partial charge >= 0.3 is 16.3 Å². The van der Waals surface area contributed by atoms with Crippen molar-refractivity contribution >= 4 is 16.3 Å². The average molecular weight is 168 g/mol. The molecule has 0 aromatic rings. The van der Waals surface area contributed by atoms with Crippen LogP contribution in [0.3, 0.4) is 0 Å². The normalized spacial score (nSPS) is 11.8. The van der Waals surface area contributed by atoms with Crippen molar-refractivity contribution in [3.05, 3.63) is 0 Å². The van der Waals surface area contributed by atoms with Crippen molar-refractivity contribution in [3.8, 4) is 0 Å². The molecular weight excluding hydrogens is 164 g/mol. The Morgan fingerprint density at radius 2 is 2.10 bits per heavy atom. The lowest BCUT2D eigenvalue weighted by Gasteiger charge is -1.85. The highest BCUT2D eigenvalue weighted by molar-refractivity contribution is 7.84. The summed E-state index contributed by atoms with van der Waals surface area (Å²) in [6, 6.07) is -1.17. The molecule has 0 aromatic heterocycles. The van der Waals surface area contributed by atoms with E-state index in [0.717, 1.165) is 0 Å². The van der Waals surface area contributed by atoms with Gasteiger partial charge in [0.15, 0.2) is 0 Å². The Labute approximate surface area is 56.0 Å². The maximum absolute atomic E-state index is 9.99. The summed E-state index contributed by atoms with van der Waals surface area (Å²) in [5, 5.41) is 2.43. The van der Waals surface area contributed by atoms with Crippen LogP contribution in [-0.2, 0) is 10.3 Å². The predicted molar refractivity (Wildman–Crippen MR) is 29.1 cm³/mol. The van der Waals surface area contributed by atoms with Crippen molar-refractivity contribution in [1.29, 1.82) is 0 Å². The molecule has 0 radical (unpaired) electrons. The summed E-state index contributed by atoms with van der Waals surface area (Å²) in [6.45, 7) is 0. The van der Waals surface area contributed by atoms with Gasteiger partial charge in [-0.05, 0) is 4.52 Å². The van der Waals surface area contributed by atoms with Crippen LogP contribution in [0, 0.1) is 0 Å². The maximum Gasteiger partial charge on any atom is 0.396 e. The Balaban J connectivity index is 4.15. The van der Waals surface area contributed by atoms with Crippen LogP contribution in [0.1, 0.15) is 0 Å². The summed E-state index contributed by atoms with van der Waals surface area (Å²) < 4.78 is 29.5. The predicted octanol–water partition coefficient (Wildman–Crippen LogP) is -1.18. The van der Waals surface area contributed by atoms with Gasteiger partial charge in [0.25, 0.3) is 0 Å².